The van der Waals surface area contributed by atoms with Crippen molar-refractivity contribution in [2.45, 2.75) is 6.42 Å². The summed E-state index contributed by atoms with van der Waals surface area (Å²) in [6, 6.07) is 0. The molecule has 0 fully saturated rings. The Labute approximate surface area is 60.7 Å². The molecule has 0 aromatic rings. The van der Waals surface area contributed by atoms with E-state index in [-0.39, 0.29) is 0 Å². The summed E-state index contributed by atoms with van der Waals surface area (Å²) < 4.78 is 0. The van der Waals surface area contributed by atoms with Gasteiger partial charge in [-0.15, -0.1) is 5.47 Å². The van der Waals surface area contributed by atoms with Crippen LogP contribution in [0.4, 0.5) is 4.79 Å². The zero-order valence-electron chi connectivity index (χ0n) is 5.58. The van der Waals surface area contributed by atoms with E-state index in [0.29, 0.717) is 19.5 Å². The first kappa shape index (κ1) is 7.19. The normalized spacial score (nSPS) is 18.4. The van der Waals surface area contributed by atoms with E-state index in [0.717, 1.165) is 5.47 Å². The largest absolute Gasteiger partial charge is 0.465 e. The van der Waals surface area contributed by atoms with Crippen LogP contribution in [0.25, 0.3) is 0 Å². The second kappa shape index (κ2) is 2.77. The van der Waals surface area contributed by atoms with Crippen LogP contribution in [0, 0.1) is 0 Å². The van der Waals surface area contributed by atoms with E-state index < -0.39 is 6.09 Å². The average molecular weight is 137 g/mol. The molecule has 0 aliphatic carbocycles. The van der Waals surface area contributed by atoms with Gasteiger partial charge >= 0.3 is 6.09 Å². The van der Waals surface area contributed by atoms with Crippen molar-refractivity contribution in [1.82, 2.24) is 4.90 Å². The minimum Gasteiger partial charge on any atom is -0.465 e. The Balaban J connectivity index is 2.50. The minimum atomic E-state index is -0.872. The Morgan fingerprint density at radius 1 is 1.80 bits per heavy atom. The van der Waals surface area contributed by atoms with Gasteiger partial charge in [0.25, 0.3) is 0 Å². The molecule has 0 spiro atoms. The van der Waals surface area contributed by atoms with E-state index >= 15 is 0 Å². The molecule has 3 nitrogen and oxygen atoms in total. The third-order valence-corrected chi connectivity index (χ3v) is 1.51. The van der Waals surface area contributed by atoms with Crippen molar-refractivity contribution in [2.75, 3.05) is 13.1 Å². The molecule has 0 aromatic carbocycles. The van der Waals surface area contributed by atoms with Crippen molar-refractivity contribution in [3.8, 4) is 0 Å². The smallest absolute Gasteiger partial charge is 0.407 e. The van der Waals surface area contributed by atoms with Gasteiger partial charge in [-0.05, 0) is 6.42 Å². The van der Waals surface area contributed by atoms with Gasteiger partial charge in [0.1, 0.15) is 7.85 Å². The van der Waals surface area contributed by atoms with Crippen LogP contribution in [0.1, 0.15) is 6.42 Å². The van der Waals surface area contributed by atoms with Gasteiger partial charge in [0, 0.05) is 13.1 Å². The van der Waals surface area contributed by atoms with E-state index in [1.54, 1.807) is 6.08 Å². The minimum absolute atomic E-state index is 0.432. The monoisotopic (exact) mass is 137 g/mol. The summed E-state index contributed by atoms with van der Waals surface area (Å²) in [4.78, 5) is 11.6. The third-order valence-electron chi connectivity index (χ3n) is 1.51. The summed E-state index contributed by atoms with van der Waals surface area (Å²) >= 11 is 0. The Kier molecular flexibility index (Phi) is 1.99. The maximum Gasteiger partial charge on any atom is 0.407 e. The molecule has 0 aromatic heterocycles. The van der Waals surface area contributed by atoms with Crippen molar-refractivity contribution in [3.05, 3.63) is 11.5 Å². The molecule has 1 aliphatic rings. The Morgan fingerprint density at radius 3 is 2.90 bits per heavy atom. The van der Waals surface area contributed by atoms with Crippen molar-refractivity contribution in [2.24, 2.45) is 0 Å². The molecule has 0 bridgehead atoms. The highest BCUT2D eigenvalue weighted by Crippen LogP contribution is 2.06. The molecule has 1 aliphatic heterocycles. The van der Waals surface area contributed by atoms with E-state index in [4.69, 9.17) is 13.0 Å². The number of nitrogens with zero attached hydrogens (tertiary/aromatic N) is 1. The first-order valence-electron chi connectivity index (χ1n) is 3.12. The molecule has 1 N–H and O–H groups in total. The van der Waals surface area contributed by atoms with E-state index in [1.807, 2.05) is 0 Å². The molecule has 10 heavy (non-hydrogen) atoms. The Hall–Kier alpha value is -0.925. The van der Waals surface area contributed by atoms with Crippen molar-refractivity contribution >= 4 is 13.9 Å². The van der Waals surface area contributed by atoms with Crippen LogP contribution in [0.2, 0.25) is 0 Å². The second-order valence-corrected chi connectivity index (χ2v) is 2.26. The number of rotatable bonds is 0. The number of hydrogen-bond donors (Lipinski definition) is 1. The Morgan fingerprint density at radius 2 is 2.50 bits per heavy atom. The van der Waals surface area contributed by atoms with Crippen LogP contribution >= 0.6 is 0 Å². The summed E-state index contributed by atoms with van der Waals surface area (Å²) in [5.41, 5.74) is 0.789. The molecule has 1 amide bonds. The van der Waals surface area contributed by atoms with Crippen LogP contribution in [0.3, 0.4) is 0 Å². The van der Waals surface area contributed by atoms with Crippen molar-refractivity contribution in [3.63, 3.8) is 0 Å². The number of carbonyl (C=O) groups is 1. The quantitative estimate of drug-likeness (QED) is 0.491. The van der Waals surface area contributed by atoms with Crippen LogP contribution in [0.5, 0.6) is 0 Å². The van der Waals surface area contributed by atoms with Gasteiger partial charge in [0.15, 0.2) is 0 Å². The van der Waals surface area contributed by atoms with Crippen molar-refractivity contribution in [1.29, 1.82) is 0 Å². The molecule has 0 unspecified atom stereocenters. The lowest BCUT2D eigenvalue weighted by Crippen LogP contribution is -2.33. The number of hydrogen-bond acceptors (Lipinski definition) is 1. The maximum atomic E-state index is 10.3. The molecule has 0 atom stereocenters. The highest BCUT2D eigenvalue weighted by molar-refractivity contribution is 6.21. The van der Waals surface area contributed by atoms with Gasteiger partial charge in [-0.1, -0.05) is 6.08 Å². The molecule has 0 saturated heterocycles. The van der Waals surface area contributed by atoms with Gasteiger partial charge in [0.05, 0.1) is 0 Å². The van der Waals surface area contributed by atoms with E-state index in [1.165, 1.54) is 4.90 Å². The molecule has 1 heterocycles. The summed E-state index contributed by atoms with van der Waals surface area (Å²) in [5, 5.41) is 8.48. The lowest BCUT2D eigenvalue weighted by atomic mass is 9.90. The van der Waals surface area contributed by atoms with Gasteiger partial charge in [-0.3, -0.25) is 0 Å². The molecular weight excluding hydrogens is 129 g/mol. The fourth-order valence-electron chi connectivity index (χ4n) is 0.859. The van der Waals surface area contributed by atoms with Gasteiger partial charge < -0.3 is 10.0 Å². The standard InChI is InChI=1S/C6H8BNO2/c7-5-1-3-8(4-2-5)6(9)10/h1H,2-4H2,(H,9,10). The zero-order chi connectivity index (χ0) is 7.56. The molecule has 1 rings (SSSR count). The lowest BCUT2D eigenvalue weighted by Gasteiger charge is -2.22. The molecule has 2 radical (unpaired) electrons. The number of carboxylic acid groups (broad SMARTS) is 1. The maximum absolute atomic E-state index is 10.3. The third kappa shape index (κ3) is 1.53. The van der Waals surface area contributed by atoms with Crippen molar-refractivity contribution < 1.29 is 9.90 Å². The zero-order valence-corrected chi connectivity index (χ0v) is 5.58. The summed E-state index contributed by atoms with van der Waals surface area (Å²) in [6.45, 7) is 0.957. The molecular formula is C6H8BNO2. The highest BCUT2D eigenvalue weighted by Gasteiger charge is 2.12. The predicted molar refractivity (Wildman–Crippen MR) is 38.1 cm³/mol. The summed E-state index contributed by atoms with van der Waals surface area (Å²) in [6.07, 6.45) is 1.52. The van der Waals surface area contributed by atoms with Gasteiger partial charge in [-0.2, -0.15) is 0 Å². The fourth-order valence-corrected chi connectivity index (χ4v) is 0.859. The SMILES string of the molecule is [B]C1=CCN(C(=O)O)CC1. The fraction of sp³-hybridized carbons (Fsp3) is 0.500. The van der Waals surface area contributed by atoms with E-state index in [2.05, 4.69) is 0 Å². The number of amides is 1. The average Bonchev–Trinajstić information content (AvgIpc) is 1.88. The topological polar surface area (TPSA) is 40.5 Å². The Bertz CT molecular complexity index is 179. The first-order chi connectivity index (χ1) is 4.70. The summed E-state index contributed by atoms with van der Waals surface area (Å²) in [5.74, 6) is 0. The first-order valence-corrected chi connectivity index (χ1v) is 3.12. The molecule has 4 heteroatoms. The van der Waals surface area contributed by atoms with Gasteiger partial charge in [0.2, 0.25) is 0 Å². The van der Waals surface area contributed by atoms with E-state index in [9.17, 15) is 4.79 Å². The molecule has 52 valence electrons. The highest BCUT2D eigenvalue weighted by atomic mass is 16.4. The van der Waals surface area contributed by atoms with Crippen LogP contribution in [-0.4, -0.2) is 37.0 Å². The van der Waals surface area contributed by atoms with Gasteiger partial charge in [-0.25, -0.2) is 4.79 Å². The lowest BCUT2D eigenvalue weighted by molar-refractivity contribution is 0.149. The van der Waals surface area contributed by atoms with Crippen LogP contribution < -0.4 is 0 Å². The van der Waals surface area contributed by atoms with Crippen LogP contribution in [-0.2, 0) is 0 Å². The molecule has 0 saturated carbocycles. The van der Waals surface area contributed by atoms with Crippen LogP contribution in [0.15, 0.2) is 11.5 Å². The summed E-state index contributed by atoms with van der Waals surface area (Å²) in [7, 11) is 5.44. The second-order valence-electron chi connectivity index (χ2n) is 2.26. The predicted octanol–water partition coefficient (Wildman–Crippen LogP) is 0.422.